The van der Waals surface area contributed by atoms with E-state index in [0.717, 1.165) is 24.2 Å². The first-order valence-electron chi connectivity index (χ1n) is 5.11. The average molecular weight is 213 g/mol. The lowest BCUT2D eigenvalue weighted by molar-refractivity contribution is 0.193. The first-order chi connectivity index (χ1) is 6.80. The number of alkyl halides is 1. The summed E-state index contributed by atoms with van der Waals surface area (Å²) in [5.74, 6) is 1.47. The van der Waals surface area contributed by atoms with E-state index in [2.05, 4.69) is 13.8 Å². The molecule has 0 unspecified atom stereocenters. The molecule has 0 aliphatic carbocycles. The van der Waals surface area contributed by atoms with Gasteiger partial charge in [-0.25, -0.2) is 0 Å². The second kappa shape index (κ2) is 5.92. The highest BCUT2D eigenvalue weighted by molar-refractivity contribution is 6.17. The van der Waals surface area contributed by atoms with Crippen LogP contribution in [0.25, 0.3) is 0 Å². The molecule has 1 nitrogen and oxygen atoms in total. The molecule has 0 heterocycles. The van der Waals surface area contributed by atoms with Gasteiger partial charge < -0.3 is 4.74 Å². The van der Waals surface area contributed by atoms with Crippen LogP contribution in [0.4, 0.5) is 0 Å². The maximum Gasteiger partial charge on any atom is 0.120 e. The fourth-order valence-corrected chi connectivity index (χ4v) is 1.52. The van der Waals surface area contributed by atoms with Gasteiger partial charge in [0.05, 0.1) is 6.10 Å². The van der Waals surface area contributed by atoms with E-state index in [1.807, 2.05) is 24.3 Å². The summed E-state index contributed by atoms with van der Waals surface area (Å²) < 4.78 is 5.80. The molecule has 1 rings (SSSR count). The maximum atomic E-state index is 5.80. The molecule has 78 valence electrons. The first kappa shape index (κ1) is 11.4. The highest BCUT2D eigenvalue weighted by Gasteiger charge is 2.04. The SMILES string of the molecule is CCC(CC)Oc1cccc(CCl)c1. The summed E-state index contributed by atoms with van der Waals surface area (Å²) in [7, 11) is 0. The van der Waals surface area contributed by atoms with Gasteiger partial charge in [-0.2, -0.15) is 0 Å². The summed E-state index contributed by atoms with van der Waals surface area (Å²) in [6.45, 7) is 4.28. The molecule has 0 N–H and O–H groups in total. The summed E-state index contributed by atoms with van der Waals surface area (Å²) in [6.07, 6.45) is 2.41. The number of halogens is 1. The Morgan fingerprint density at radius 3 is 2.57 bits per heavy atom. The molecule has 0 aliphatic rings. The Kier molecular flexibility index (Phi) is 4.81. The van der Waals surface area contributed by atoms with Gasteiger partial charge in [0.25, 0.3) is 0 Å². The third-order valence-corrected chi connectivity index (χ3v) is 2.57. The van der Waals surface area contributed by atoms with Crippen LogP contribution in [0, 0.1) is 0 Å². The van der Waals surface area contributed by atoms with Crippen LogP contribution in [0.15, 0.2) is 24.3 Å². The van der Waals surface area contributed by atoms with E-state index < -0.39 is 0 Å². The first-order valence-corrected chi connectivity index (χ1v) is 5.65. The smallest absolute Gasteiger partial charge is 0.120 e. The molecule has 0 aromatic heterocycles. The van der Waals surface area contributed by atoms with Crippen molar-refractivity contribution in [3.8, 4) is 5.75 Å². The van der Waals surface area contributed by atoms with Gasteiger partial charge in [-0.05, 0) is 30.5 Å². The third kappa shape index (κ3) is 3.22. The summed E-state index contributed by atoms with van der Waals surface area (Å²) in [5, 5.41) is 0. The molecular weight excluding hydrogens is 196 g/mol. The number of hydrogen-bond donors (Lipinski definition) is 0. The van der Waals surface area contributed by atoms with Crippen molar-refractivity contribution in [3.05, 3.63) is 29.8 Å². The molecule has 0 aliphatic heterocycles. The van der Waals surface area contributed by atoms with Crippen molar-refractivity contribution in [2.24, 2.45) is 0 Å². The lowest BCUT2D eigenvalue weighted by Crippen LogP contribution is -2.13. The third-order valence-electron chi connectivity index (χ3n) is 2.27. The quantitative estimate of drug-likeness (QED) is 0.671. The van der Waals surface area contributed by atoms with Crippen LogP contribution < -0.4 is 4.74 Å². The Labute approximate surface area is 91.0 Å². The van der Waals surface area contributed by atoms with Crippen molar-refractivity contribution < 1.29 is 4.74 Å². The lowest BCUT2D eigenvalue weighted by atomic mass is 10.2. The topological polar surface area (TPSA) is 9.23 Å². The predicted octanol–water partition coefficient (Wildman–Crippen LogP) is 3.99. The second-order valence-electron chi connectivity index (χ2n) is 3.34. The van der Waals surface area contributed by atoms with Crippen LogP contribution in [0.1, 0.15) is 32.3 Å². The molecular formula is C12H17ClO. The summed E-state index contributed by atoms with van der Waals surface area (Å²) >= 11 is 5.75. The minimum Gasteiger partial charge on any atom is -0.490 e. The van der Waals surface area contributed by atoms with Crippen molar-refractivity contribution in [2.45, 2.75) is 38.7 Å². The Morgan fingerprint density at radius 2 is 2.00 bits per heavy atom. The summed E-state index contributed by atoms with van der Waals surface area (Å²) in [4.78, 5) is 0. The molecule has 14 heavy (non-hydrogen) atoms. The average Bonchev–Trinajstić information content (AvgIpc) is 2.26. The van der Waals surface area contributed by atoms with Gasteiger partial charge in [0, 0.05) is 5.88 Å². The van der Waals surface area contributed by atoms with Crippen LogP contribution in [0.3, 0.4) is 0 Å². The van der Waals surface area contributed by atoms with E-state index in [1.165, 1.54) is 0 Å². The van der Waals surface area contributed by atoms with Crippen molar-refractivity contribution in [1.82, 2.24) is 0 Å². The zero-order valence-electron chi connectivity index (χ0n) is 8.79. The van der Waals surface area contributed by atoms with E-state index in [-0.39, 0.29) is 0 Å². The number of hydrogen-bond acceptors (Lipinski definition) is 1. The zero-order valence-corrected chi connectivity index (χ0v) is 9.55. The molecule has 0 fully saturated rings. The van der Waals surface area contributed by atoms with Crippen molar-refractivity contribution >= 4 is 11.6 Å². The second-order valence-corrected chi connectivity index (χ2v) is 3.60. The monoisotopic (exact) mass is 212 g/mol. The van der Waals surface area contributed by atoms with Gasteiger partial charge in [-0.1, -0.05) is 26.0 Å². The van der Waals surface area contributed by atoms with Gasteiger partial charge in [0.15, 0.2) is 0 Å². The molecule has 0 saturated heterocycles. The number of rotatable bonds is 5. The molecule has 0 amide bonds. The van der Waals surface area contributed by atoms with Gasteiger partial charge >= 0.3 is 0 Å². The number of ether oxygens (including phenoxy) is 1. The normalized spacial score (nSPS) is 10.6. The minimum absolute atomic E-state index is 0.320. The summed E-state index contributed by atoms with van der Waals surface area (Å²) in [6, 6.07) is 7.97. The van der Waals surface area contributed by atoms with Crippen molar-refractivity contribution in [3.63, 3.8) is 0 Å². The maximum absolute atomic E-state index is 5.80. The van der Waals surface area contributed by atoms with Crippen molar-refractivity contribution in [2.75, 3.05) is 0 Å². The molecule has 0 saturated carbocycles. The van der Waals surface area contributed by atoms with E-state index >= 15 is 0 Å². The molecule has 0 atom stereocenters. The zero-order chi connectivity index (χ0) is 10.4. The van der Waals surface area contributed by atoms with E-state index in [9.17, 15) is 0 Å². The van der Waals surface area contributed by atoms with Crippen LogP contribution >= 0.6 is 11.6 Å². The van der Waals surface area contributed by atoms with Gasteiger partial charge in [-0.15, -0.1) is 11.6 Å². The lowest BCUT2D eigenvalue weighted by Gasteiger charge is -2.15. The molecule has 1 aromatic rings. The standard InChI is InChI=1S/C12H17ClO/c1-3-11(4-2)14-12-7-5-6-10(8-12)9-13/h5-8,11H,3-4,9H2,1-2H3. The highest BCUT2D eigenvalue weighted by Crippen LogP contribution is 2.18. The minimum atomic E-state index is 0.320. The Morgan fingerprint density at radius 1 is 1.29 bits per heavy atom. The van der Waals surface area contributed by atoms with Gasteiger partial charge in [0.1, 0.15) is 5.75 Å². The summed E-state index contributed by atoms with van der Waals surface area (Å²) in [5.41, 5.74) is 1.11. The van der Waals surface area contributed by atoms with E-state index in [0.29, 0.717) is 12.0 Å². The molecule has 2 heteroatoms. The molecule has 0 radical (unpaired) electrons. The largest absolute Gasteiger partial charge is 0.490 e. The fraction of sp³-hybridized carbons (Fsp3) is 0.500. The fourth-order valence-electron chi connectivity index (χ4n) is 1.35. The van der Waals surface area contributed by atoms with Gasteiger partial charge in [-0.3, -0.25) is 0 Å². The Balaban J connectivity index is 2.65. The van der Waals surface area contributed by atoms with E-state index in [4.69, 9.17) is 16.3 Å². The predicted molar refractivity (Wildman–Crippen MR) is 61.0 cm³/mol. The van der Waals surface area contributed by atoms with Crippen LogP contribution in [0.2, 0.25) is 0 Å². The molecule has 0 bridgehead atoms. The van der Waals surface area contributed by atoms with Crippen LogP contribution in [-0.2, 0) is 5.88 Å². The Bertz CT molecular complexity index is 269. The Hall–Kier alpha value is -0.690. The molecule has 1 aromatic carbocycles. The van der Waals surface area contributed by atoms with E-state index in [1.54, 1.807) is 0 Å². The van der Waals surface area contributed by atoms with Gasteiger partial charge in [0.2, 0.25) is 0 Å². The van der Waals surface area contributed by atoms with Crippen molar-refractivity contribution in [1.29, 1.82) is 0 Å². The number of benzene rings is 1. The van der Waals surface area contributed by atoms with Crippen LogP contribution in [-0.4, -0.2) is 6.10 Å². The molecule has 0 spiro atoms. The highest BCUT2D eigenvalue weighted by atomic mass is 35.5. The van der Waals surface area contributed by atoms with Crippen LogP contribution in [0.5, 0.6) is 5.75 Å².